The Balaban J connectivity index is 0.000000990. The van der Waals surface area contributed by atoms with Crippen LogP contribution < -0.4 is 10.6 Å². The number of carbonyl (C=O) groups is 1. The Kier molecular flexibility index (Phi) is 10.9. The normalized spacial score (nSPS) is 13.4. The van der Waals surface area contributed by atoms with E-state index in [1.165, 1.54) is 11.3 Å². The Bertz CT molecular complexity index is 804. The number of amides is 2. The number of halogens is 1. The van der Waals surface area contributed by atoms with Crippen molar-refractivity contribution in [1.29, 1.82) is 5.26 Å². The fourth-order valence-corrected chi connectivity index (χ4v) is 3.28. The Labute approximate surface area is 180 Å². The third-order valence-electron chi connectivity index (χ3n) is 3.95. The van der Waals surface area contributed by atoms with Crippen LogP contribution in [-0.2, 0) is 6.54 Å². The lowest BCUT2D eigenvalue weighted by atomic mass is 10.2. The fraction of sp³-hybridized carbons (Fsp3) is 0.444. The molecule has 1 aliphatic heterocycles. The predicted octanol–water partition coefficient (Wildman–Crippen LogP) is 2.03. The van der Waals surface area contributed by atoms with Crippen LogP contribution in [0, 0.1) is 11.3 Å². The molecule has 3 heterocycles. The van der Waals surface area contributed by atoms with Crippen LogP contribution in [0.1, 0.15) is 17.4 Å². The molecule has 0 aromatic carbocycles. The zero-order chi connectivity index (χ0) is 20.4. The lowest BCUT2D eigenvalue weighted by Crippen LogP contribution is -2.50. The minimum absolute atomic E-state index is 0. The number of aromatic nitrogens is 2. The van der Waals surface area contributed by atoms with Gasteiger partial charge in [0.05, 0.1) is 6.20 Å². The van der Waals surface area contributed by atoms with Gasteiger partial charge in [-0.15, -0.1) is 12.4 Å². The first-order valence-electron chi connectivity index (χ1n) is 8.97. The van der Waals surface area contributed by atoms with Gasteiger partial charge >= 0.3 is 6.03 Å². The second-order valence-electron chi connectivity index (χ2n) is 5.95. The first-order valence-corrected chi connectivity index (χ1v) is 9.79. The average molecular weight is 440 g/mol. The summed E-state index contributed by atoms with van der Waals surface area (Å²) in [7, 11) is 1.65. The lowest BCUT2D eigenvalue weighted by Gasteiger charge is -2.34. The van der Waals surface area contributed by atoms with Gasteiger partial charge in [0.15, 0.2) is 5.13 Å². The number of anilines is 2. The number of hydrogen-bond acceptors (Lipinski definition) is 8. The van der Waals surface area contributed by atoms with Crippen LogP contribution in [0.2, 0.25) is 0 Å². The number of rotatable bonds is 4. The minimum Gasteiger partial charge on any atom is -0.397 e. The van der Waals surface area contributed by atoms with Crippen molar-refractivity contribution in [2.24, 2.45) is 0 Å². The van der Waals surface area contributed by atoms with Crippen molar-refractivity contribution in [3.63, 3.8) is 0 Å². The minimum atomic E-state index is -0.0183. The van der Waals surface area contributed by atoms with Crippen molar-refractivity contribution in [2.75, 3.05) is 45.2 Å². The van der Waals surface area contributed by atoms with Crippen molar-refractivity contribution in [3.05, 3.63) is 35.0 Å². The van der Waals surface area contributed by atoms with E-state index in [4.69, 9.17) is 10.4 Å². The van der Waals surface area contributed by atoms with Crippen molar-refractivity contribution in [3.8, 4) is 6.07 Å². The lowest BCUT2D eigenvalue weighted by molar-refractivity contribution is 0.136. The summed E-state index contributed by atoms with van der Waals surface area (Å²) in [6.07, 6.45) is 3.31. The number of urea groups is 1. The summed E-state index contributed by atoms with van der Waals surface area (Å²) in [5, 5.41) is 22.9. The number of aliphatic hydroxyl groups excluding tert-OH is 1. The molecule has 0 aliphatic carbocycles. The number of piperazine rings is 1. The number of nitrogens with one attached hydrogen (secondary N) is 2. The quantitative estimate of drug-likeness (QED) is 0.667. The van der Waals surface area contributed by atoms with E-state index in [-0.39, 0.29) is 25.0 Å². The number of aliphatic hydroxyl groups is 1. The van der Waals surface area contributed by atoms with Crippen LogP contribution in [0.25, 0.3) is 0 Å². The number of thiazole rings is 1. The molecule has 2 amide bonds. The third-order valence-corrected chi connectivity index (χ3v) is 4.77. The van der Waals surface area contributed by atoms with Gasteiger partial charge in [-0.1, -0.05) is 11.3 Å². The highest BCUT2D eigenvalue weighted by Gasteiger charge is 2.20. The molecule has 0 atom stereocenters. The molecule has 3 rings (SSSR count). The Morgan fingerprint density at radius 1 is 1.34 bits per heavy atom. The van der Waals surface area contributed by atoms with E-state index in [0.29, 0.717) is 15.8 Å². The van der Waals surface area contributed by atoms with Gasteiger partial charge in [0.1, 0.15) is 16.8 Å². The third kappa shape index (κ3) is 7.83. The van der Waals surface area contributed by atoms with Crippen molar-refractivity contribution < 1.29 is 9.90 Å². The van der Waals surface area contributed by atoms with Gasteiger partial charge in [-0.25, -0.2) is 14.8 Å². The van der Waals surface area contributed by atoms with Gasteiger partial charge < -0.3 is 20.6 Å². The van der Waals surface area contributed by atoms with E-state index in [9.17, 15) is 4.79 Å². The molecule has 1 aliphatic rings. The van der Waals surface area contributed by atoms with Gasteiger partial charge in [-0.2, -0.15) is 5.26 Å². The number of nitriles is 1. The van der Waals surface area contributed by atoms with Crippen LogP contribution in [0.4, 0.5) is 15.7 Å². The Morgan fingerprint density at radius 2 is 2.03 bits per heavy atom. The zero-order valence-corrected chi connectivity index (χ0v) is 18.1. The van der Waals surface area contributed by atoms with E-state index in [1.807, 2.05) is 17.0 Å². The molecule has 29 heavy (non-hydrogen) atoms. The smallest absolute Gasteiger partial charge is 0.317 e. The highest BCUT2D eigenvalue weighted by atomic mass is 35.5. The molecule has 3 N–H and O–H groups in total. The standard InChI is InChI=1S/C16H19N7OS.C2H6O.ClH/c1-18-16(24)23-6-4-22(5-7-23)11-12-2-3-19-14(8-12)21-15-20-10-13(9-17)25-15;1-2-3;/h2-3,8,10H,4-7,11H2,1H3,(H,18,24)(H,19,20,21);3H,2H2,1H3;1H. The molecule has 2 aromatic heterocycles. The van der Waals surface area contributed by atoms with Crippen molar-refractivity contribution >= 4 is 40.7 Å². The molecular formula is C18H26ClN7O2S. The second-order valence-corrected chi connectivity index (χ2v) is 6.98. The molecule has 0 saturated carbocycles. The highest BCUT2D eigenvalue weighted by Crippen LogP contribution is 2.21. The van der Waals surface area contributed by atoms with E-state index < -0.39 is 0 Å². The SMILES string of the molecule is CCO.CNC(=O)N1CCN(Cc2ccnc(Nc3ncc(C#N)s3)c2)CC1.Cl. The van der Waals surface area contributed by atoms with Gasteiger partial charge in [0.25, 0.3) is 0 Å². The number of pyridine rings is 1. The molecule has 0 spiro atoms. The summed E-state index contributed by atoms with van der Waals surface area (Å²) in [6.45, 7) is 5.88. The molecule has 2 aromatic rings. The first kappa shape index (κ1) is 24.6. The number of hydrogen-bond donors (Lipinski definition) is 3. The Hall–Kier alpha value is -2.45. The summed E-state index contributed by atoms with van der Waals surface area (Å²) < 4.78 is 0. The predicted molar refractivity (Wildman–Crippen MR) is 116 cm³/mol. The van der Waals surface area contributed by atoms with Crippen LogP contribution in [0.15, 0.2) is 24.5 Å². The first-order chi connectivity index (χ1) is 13.6. The van der Waals surface area contributed by atoms with Gasteiger partial charge in [-0.3, -0.25) is 4.90 Å². The van der Waals surface area contributed by atoms with Crippen LogP contribution in [0.3, 0.4) is 0 Å². The Morgan fingerprint density at radius 3 is 2.62 bits per heavy atom. The number of nitrogens with zero attached hydrogens (tertiary/aromatic N) is 5. The molecule has 1 fully saturated rings. The van der Waals surface area contributed by atoms with Crippen molar-refractivity contribution in [1.82, 2.24) is 25.1 Å². The monoisotopic (exact) mass is 439 g/mol. The summed E-state index contributed by atoms with van der Waals surface area (Å²) >= 11 is 1.30. The van der Waals surface area contributed by atoms with Crippen LogP contribution in [-0.4, -0.2) is 70.7 Å². The van der Waals surface area contributed by atoms with Gasteiger partial charge in [-0.05, 0) is 24.6 Å². The summed E-state index contributed by atoms with van der Waals surface area (Å²) in [6, 6.07) is 6.02. The highest BCUT2D eigenvalue weighted by molar-refractivity contribution is 7.16. The second kappa shape index (κ2) is 12.9. The van der Waals surface area contributed by atoms with E-state index >= 15 is 0 Å². The summed E-state index contributed by atoms with van der Waals surface area (Å²) in [5.74, 6) is 0.709. The van der Waals surface area contributed by atoms with Crippen LogP contribution in [0.5, 0.6) is 0 Å². The van der Waals surface area contributed by atoms with Gasteiger partial charge in [0.2, 0.25) is 0 Å². The molecule has 0 radical (unpaired) electrons. The van der Waals surface area contributed by atoms with E-state index in [2.05, 4.69) is 31.6 Å². The summed E-state index contributed by atoms with van der Waals surface area (Å²) in [4.78, 5) is 24.8. The zero-order valence-electron chi connectivity index (χ0n) is 16.5. The molecule has 158 valence electrons. The van der Waals surface area contributed by atoms with E-state index in [1.54, 1.807) is 26.4 Å². The maximum atomic E-state index is 11.6. The van der Waals surface area contributed by atoms with Crippen molar-refractivity contribution in [2.45, 2.75) is 13.5 Å². The molecule has 11 heteroatoms. The molecule has 0 bridgehead atoms. The summed E-state index contributed by atoms with van der Waals surface area (Å²) in [5.41, 5.74) is 1.14. The van der Waals surface area contributed by atoms with E-state index in [0.717, 1.165) is 38.3 Å². The maximum Gasteiger partial charge on any atom is 0.317 e. The topological polar surface area (TPSA) is 117 Å². The molecule has 9 nitrogen and oxygen atoms in total. The molecule has 1 saturated heterocycles. The average Bonchev–Trinajstić information content (AvgIpc) is 3.16. The fourth-order valence-electron chi connectivity index (χ4n) is 2.66. The van der Waals surface area contributed by atoms with Gasteiger partial charge in [0, 0.05) is 52.6 Å². The largest absolute Gasteiger partial charge is 0.397 e. The number of carbonyl (C=O) groups excluding carboxylic acids is 1. The molecule has 0 unspecified atom stereocenters. The maximum absolute atomic E-state index is 11.6. The molecular weight excluding hydrogens is 414 g/mol. The van der Waals surface area contributed by atoms with Crippen LogP contribution >= 0.6 is 23.7 Å².